The molecule has 0 atom stereocenters. The lowest BCUT2D eigenvalue weighted by Gasteiger charge is -2.10. The zero-order chi connectivity index (χ0) is 33.0. The number of fused-ring (bicyclic) bond motifs is 6. The number of hydrogen-bond acceptors (Lipinski definition) is 6. The van der Waals surface area contributed by atoms with E-state index in [0.717, 1.165) is 82.4 Å². The van der Waals surface area contributed by atoms with Gasteiger partial charge in [-0.05, 0) is 36.4 Å². The van der Waals surface area contributed by atoms with Crippen LogP contribution in [0.1, 0.15) is 0 Å². The van der Waals surface area contributed by atoms with Crippen LogP contribution in [0.3, 0.4) is 0 Å². The van der Waals surface area contributed by atoms with E-state index < -0.39 is 0 Å². The molecule has 234 valence electrons. The zero-order valence-electron chi connectivity index (χ0n) is 26.6. The number of nitrogens with zero attached hydrogens (tertiary/aromatic N) is 4. The van der Waals surface area contributed by atoms with E-state index in [0.29, 0.717) is 11.6 Å². The summed E-state index contributed by atoms with van der Waals surface area (Å²) in [6.07, 6.45) is 0. The Morgan fingerprint density at radius 2 is 1.12 bits per heavy atom. The molecule has 0 aliphatic rings. The van der Waals surface area contributed by atoms with Gasteiger partial charge in [0.05, 0.1) is 27.3 Å². The van der Waals surface area contributed by atoms with Gasteiger partial charge in [0.1, 0.15) is 11.2 Å². The quantitative estimate of drug-likeness (QED) is 0.184. The summed E-state index contributed by atoms with van der Waals surface area (Å²) < 4.78 is 8.74. The maximum absolute atomic E-state index is 6.46. The first-order valence-electron chi connectivity index (χ1n) is 16.5. The van der Waals surface area contributed by atoms with Crippen LogP contribution in [0.25, 0.3) is 98.8 Å². The van der Waals surface area contributed by atoms with Gasteiger partial charge in [-0.25, -0.2) is 19.9 Å². The fourth-order valence-corrected chi connectivity index (χ4v) is 7.90. The summed E-state index contributed by atoms with van der Waals surface area (Å²) in [6.45, 7) is 0. The van der Waals surface area contributed by atoms with Crippen molar-refractivity contribution >= 4 is 53.6 Å². The maximum Gasteiger partial charge on any atom is 0.161 e. The van der Waals surface area contributed by atoms with Crippen LogP contribution in [0.4, 0.5) is 0 Å². The van der Waals surface area contributed by atoms with Crippen molar-refractivity contribution in [3.05, 3.63) is 158 Å². The topological polar surface area (TPSA) is 64.7 Å². The largest absolute Gasteiger partial charge is 0.456 e. The maximum atomic E-state index is 6.46. The molecule has 6 aromatic carbocycles. The molecule has 0 aliphatic heterocycles. The van der Waals surface area contributed by atoms with Crippen LogP contribution in [0.5, 0.6) is 0 Å². The van der Waals surface area contributed by atoms with Crippen molar-refractivity contribution < 1.29 is 4.42 Å². The summed E-state index contributed by atoms with van der Waals surface area (Å²) in [5, 5.41) is 3.09. The van der Waals surface area contributed by atoms with E-state index in [1.807, 2.05) is 72.8 Å². The first-order chi connectivity index (χ1) is 24.8. The van der Waals surface area contributed by atoms with Crippen molar-refractivity contribution in [2.24, 2.45) is 0 Å². The molecule has 0 N–H and O–H groups in total. The van der Waals surface area contributed by atoms with E-state index in [1.54, 1.807) is 11.3 Å². The summed E-state index contributed by atoms with van der Waals surface area (Å²) >= 11 is 1.74. The Hall–Kier alpha value is -6.50. The van der Waals surface area contributed by atoms with Crippen molar-refractivity contribution in [2.75, 3.05) is 0 Å². The number of furan rings is 1. The zero-order valence-corrected chi connectivity index (χ0v) is 27.4. The average molecular weight is 659 g/mol. The third-order valence-corrected chi connectivity index (χ3v) is 10.3. The Kier molecular flexibility index (Phi) is 6.60. The fourth-order valence-electron chi connectivity index (χ4n) is 6.74. The predicted octanol–water partition coefficient (Wildman–Crippen LogP) is 11.9. The highest BCUT2D eigenvalue weighted by atomic mass is 32.1. The number of hydrogen-bond donors (Lipinski definition) is 0. The minimum atomic E-state index is 0.665. The van der Waals surface area contributed by atoms with Crippen LogP contribution in [0.2, 0.25) is 0 Å². The Labute approximate surface area is 291 Å². The standard InChI is InChI=1S/C44H26N4OS/c1-4-13-27(14-5-1)34-26-35(46-43(45-34)29-17-8-3-9-18-29)30-23-24-36-33(25-30)39-32(20-12-21-37(39)49-36)44-47-40(28-15-6-2-7-16-28)42-41(48-44)31-19-10-11-22-38(31)50-42/h1-26H. The Morgan fingerprint density at radius 3 is 1.90 bits per heavy atom. The molecule has 0 fully saturated rings. The van der Waals surface area contributed by atoms with Gasteiger partial charge in [-0.2, -0.15) is 0 Å². The summed E-state index contributed by atoms with van der Waals surface area (Å²) in [6, 6.07) is 53.7. The van der Waals surface area contributed by atoms with E-state index in [9.17, 15) is 0 Å². The number of rotatable bonds is 5. The van der Waals surface area contributed by atoms with E-state index in [4.69, 9.17) is 24.4 Å². The van der Waals surface area contributed by atoms with Gasteiger partial charge in [-0.15, -0.1) is 11.3 Å². The first kappa shape index (κ1) is 28.5. The molecule has 0 bridgehead atoms. The van der Waals surface area contributed by atoms with Crippen LogP contribution in [-0.2, 0) is 0 Å². The van der Waals surface area contributed by atoms with Crippen molar-refractivity contribution in [3.8, 4) is 56.5 Å². The molecule has 0 spiro atoms. The lowest BCUT2D eigenvalue weighted by molar-refractivity contribution is 0.669. The molecule has 5 nitrogen and oxygen atoms in total. The highest BCUT2D eigenvalue weighted by Crippen LogP contribution is 2.42. The van der Waals surface area contributed by atoms with E-state index in [2.05, 4.69) is 84.9 Å². The number of benzene rings is 6. The second kappa shape index (κ2) is 11.6. The lowest BCUT2D eigenvalue weighted by Crippen LogP contribution is -1.96. The van der Waals surface area contributed by atoms with Crippen LogP contribution in [0, 0.1) is 0 Å². The molecule has 0 unspecified atom stereocenters. The highest BCUT2D eigenvalue weighted by molar-refractivity contribution is 7.26. The lowest BCUT2D eigenvalue weighted by atomic mass is 10.0. The average Bonchev–Trinajstić information content (AvgIpc) is 3.76. The van der Waals surface area contributed by atoms with Gasteiger partial charge in [-0.3, -0.25) is 0 Å². The third kappa shape index (κ3) is 4.77. The first-order valence-corrected chi connectivity index (χ1v) is 17.3. The Morgan fingerprint density at radius 1 is 0.440 bits per heavy atom. The van der Waals surface area contributed by atoms with Gasteiger partial charge in [-0.1, -0.05) is 121 Å². The van der Waals surface area contributed by atoms with Crippen molar-refractivity contribution in [3.63, 3.8) is 0 Å². The molecule has 4 heterocycles. The van der Waals surface area contributed by atoms with Gasteiger partial charge >= 0.3 is 0 Å². The predicted molar refractivity (Wildman–Crippen MR) is 205 cm³/mol. The minimum absolute atomic E-state index is 0.665. The van der Waals surface area contributed by atoms with Gasteiger partial charge in [0, 0.05) is 48.7 Å². The third-order valence-electron chi connectivity index (χ3n) is 9.13. The van der Waals surface area contributed by atoms with E-state index in [-0.39, 0.29) is 0 Å². The summed E-state index contributed by atoms with van der Waals surface area (Å²) in [7, 11) is 0. The Balaban J connectivity index is 1.20. The monoisotopic (exact) mass is 658 g/mol. The van der Waals surface area contributed by atoms with Gasteiger partial charge in [0.15, 0.2) is 11.6 Å². The van der Waals surface area contributed by atoms with Crippen molar-refractivity contribution in [2.45, 2.75) is 0 Å². The molecule has 10 rings (SSSR count). The summed E-state index contributed by atoms with van der Waals surface area (Å²) in [4.78, 5) is 20.6. The van der Waals surface area contributed by atoms with E-state index >= 15 is 0 Å². The summed E-state index contributed by atoms with van der Waals surface area (Å²) in [5.74, 6) is 1.34. The molecular formula is C44H26N4OS. The highest BCUT2D eigenvalue weighted by Gasteiger charge is 2.20. The van der Waals surface area contributed by atoms with Crippen LogP contribution < -0.4 is 0 Å². The smallest absolute Gasteiger partial charge is 0.161 e. The number of aromatic nitrogens is 4. The molecule has 0 radical (unpaired) electrons. The minimum Gasteiger partial charge on any atom is -0.456 e. The van der Waals surface area contributed by atoms with Crippen LogP contribution in [0.15, 0.2) is 162 Å². The molecule has 0 aliphatic carbocycles. The molecule has 6 heteroatoms. The van der Waals surface area contributed by atoms with Crippen LogP contribution >= 0.6 is 11.3 Å². The molecule has 10 aromatic rings. The number of thiophene rings is 1. The summed E-state index contributed by atoms with van der Waals surface area (Å²) in [5.41, 5.74) is 10.1. The van der Waals surface area contributed by atoms with Gasteiger partial charge in [0.2, 0.25) is 0 Å². The normalized spacial score (nSPS) is 11.6. The molecule has 50 heavy (non-hydrogen) atoms. The van der Waals surface area contributed by atoms with Crippen molar-refractivity contribution in [1.82, 2.24) is 19.9 Å². The van der Waals surface area contributed by atoms with Gasteiger partial charge < -0.3 is 4.42 Å². The SMILES string of the molecule is c1ccc(-c2cc(-c3ccc4oc5cccc(-c6nc(-c7ccccc7)c7sc8ccccc8c7n6)c5c4c3)nc(-c3ccccc3)n2)cc1. The Bertz CT molecular complexity index is 2810. The molecular weight excluding hydrogens is 633 g/mol. The van der Waals surface area contributed by atoms with E-state index in [1.165, 1.54) is 4.70 Å². The fraction of sp³-hybridized carbons (Fsp3) is 0. The van der Waals surface area contributed by atoms with Crippen LogP contribution in [-0.4, -0.2) is 19.9 Å². The van der Waals surface area contributed by atoms with Gasteiger partial charge in [0.25, 0.3) is 0 Å². The molecule has 0 amide bonds. The molecule has 0 saturated carbocycles. The van der Waals surface area contributed by atoms with Crippen molar-refractivity contribution in [1.29, 1.82) is 0 Å². The second-order valence-corrected chi connectivity index (χ2v) is 13.3. The molecule has 0 saturated heterocycles. The second-order valence-electron chi connectivity index (χ2n) is 12.2. The molecule has 4 aromatic heterocycles.